The maximum absolute atomic E-state index is 12.4. The van der Waals surface area contributed by atoms with Crippen LogP contribution in [0.4, 0.5) is 0 Å². The molecule has 1 N–H and O–H groups in total. The molecule has 0 spiro atoms. The average Bonchev–Trinajstić information content (AvgIpc) is 3.22. The van der Waals surface area contributed by atoms with Gasteiger partial charge in [-0.1, -0.05) is 18.2 Å². The normalized spacial score (nSPS) is 16.0. The lowest BCUT2D eigenvalue weighted by Gasteiger charge is -2.23. The summed E-state index contributed by atoms with van der Waals surface area (Å²) in [6.07, 6.45) is 3.84. The first-order valence-electron chi connectivity index (χ1n) is 10.7. The van der Waals surface area contributed by atoms with E-state index in [1.54, 1.807) is 51.5 Å². The molecule has 2 heterocycles. The molecule has 2 aliphatic rings. The van der Waals surface area contributed by atoms with E-state index >= 15 is 0 Å². The van der Waals surface area contributed by atoms with Gasteiger partial charge in [0.25, 0.3) is 5.91 Å². The minimum absolute atomic E-state index is 0.0718. The van der Waals surface area contributed by atoms with E-state index in [9.17, 15) is 4.79 Å². The molecule has 176 valence electrons. The van der Waals surface area contributed by atoms with Crippen LogP contribution in [-0.4, -0.2) is 50.1 Å². The number of methoxy groups -OCH3 is 2. The third-order valence-electron chi connectivity index (χ3n) is 5.05. The molecular formula is C25H25N3O6. The highest BCUT2D eigenvalue weighted by atomic mass is 16.7. The summed E-state index contributed by atoms with van der Waals surface area (Å²) in [7, 11) is 3.15. The predicted molar refractivity (Wildman–Crippen MR) is 126 cm³/mol. The Kier molecular flexibility index (Phi) is 6.82. The van der Waals surface area contributed by atoms with E-state index in [0.717, 1.165) is 0 Å². The number of allylic oxidation sites excluding steroid dienone is 1. The molecule has 34 heavy (non-hydrogen) atoms. The number of hydrogen-bond donors (Lipinski definition) is 1. The summed E-state index contributed by atoms with van der Waals surface area (Å²) in [5.74, 6) is 2.74. The fourth-order valence-corrected chi connectivity index (χ4v) is 3.42. The van der Waals surface area contributed by atoms with E-state index in [0.29, 0.717) is 59.8 Å². The molecule has 0 atom stereocenters. The van der Waals surface area contributed by atoms with Gasteiger partial charge in [0.15, 0.2) is 34.7 Å². The first-order chi connectivity index (χ1) is 16.5. The molecule has 0 fully saturated rings. The number of nitrogens with one attached hydrogen (secondary N) is 1. The van der Waals surface area contributed by atoms with Crippen LogP contribution in [0.25, 0.3) is 6.08 Å². The maximum Gasteiger partial charge on any atom is 0.282 e. The molecule has 2 aliphatic heterocycles. The van der Waals surface area contributed by atoms with Crippen LogP contribution in [0, 0.1) is 5.41 Å². The van der Waals surface area contributed by atoms with Crippen molar-refractivity contribution in [3.05, 3.63) is 65.4 Å². The number of carbonyl (C=O) groups is 1. The smallest absolute Gasteiger partial charge is 0.282 e. The van der Waals surface area contributed by atoms with Crippen molar-refractivity contribution in [2.75, 3.05) is 27.4 Å². The molecule has 0 radical (unpaired) electrons. The van der Waals surface area contributed by atoms with Gasteiger partial charge in [0.2, 0.25) is 0 Å². The molecule has 0 bridgehead atoms. The molecule has 2 aromatic rings. The number of para-hydroxylation sites is 2. The van der Waals surface area contributed by atoms with E-state index in [-0.39, 0.29) is 11.4 Å². The molecule has 0 saturated carbocycles. The molecule has 2 aromatic carbocycles. The van der Waals surface area contributed by atoms with E-state index in [1.807, 2.05) is 24.3 Å². The Morgan fingerprint density at radius 3 is 2.38 bits per heavy atom. The third-order valence-corrected chi connectivity index (χ3v) is 5.05. The lowest BCUT2D eigenvalue weighted by atomic mass is 10.1. The van der Waals surface area contributed by atoms with Crippen LogP contribution in [0.3, 0.4) is 0 Å². The van der Waals surface area contributed by atoms with E-state index < -0.39 is 5.91 Å². The number of hydroxylamine groups is 2. The van der Waals surface area contributed by atoms with E-state index in [2.05, 4.69) is 4.99 Å². The van der Waals surface area contributed by atoms with Crippen molar-refractivity contribution in [2.24, 2.45) is 4.99 Å². The highest BCUT2D eigenvalue weighted by Crippen LogP contribution is 2.31. The minimum atomic E-state index is -0.500. The Balaban J connectivity index is 1.37. The topological polar surface area (TPSA) is 103 Å². The summed E-state index contributed by atoms with van der Waals surface area (Å²) in [6, 6.07) is 12.8. The quantitative estimate of drug-likeness (QED) is 0.443. The summed E-state index contributed by atoms with van der Waals surface area (Å²) in [5.41, 5.74) is 0.787. The Morgan fingerprint density at radius 1 is 1.00 bits per heavy atom. The van der Waals surface area contributed by atoms with Gasteiger partial charge in [-0.2, -0.15) is 4.99 Å². The number of ether oxygens (including phenoxy) is 4. The number of fused-ring (bicyclic) bond motifs is 1. The van der Waals surface area contributed by atoms with Gasteiger partial charge < -0.3 is 23.8 Å². The van der Waals surface area contributed by atoms with Gasteiger partial charge in [-0.3, -0.25) is 10.2 Å². The van der Waals surface area contributed by atoms with Crippen LogP contribution in [0.1, 0.15) is 18.9 Å². The van der Waals surface area contributed by atoms with Crippen molar-refractivity contribution in [3.8, 4) is 23.0 Å². The zero-order chi connectivity index (χ0) is 24.1. The zero-order valence-corrected chi connectivity index (χ0v) is 19.2. The zero-order valence-electron chi connectivity index (χ0n) is 19.2. The second kappa shape index (κ2) is 10.1. The Hall–Kier alpha value is -4.27. The molecule has 9 heteroatoms. The molecule has 1 amide bonds. The number of nitrogens with zero attached hydrogens (tertiary/aromatic N) is 2. The van der Waals surface area contributed by atoms with Gasteiger partial charge in [0.1, 0.15) is 5.76 Å². The first-order valence-corrected chi connectivity index (χ1v) is 10.7. The van der Waals surface area contributed by atoms with Crippen LogP contribution in [0.2, 0.25) is 0 Å². The Morgan fingerprint density at radius 2 is 1.68 bits per heavy atom. The Bertz CT molecular complexity index is 1200. The summed E-state index contributed by atoms with van der Waals surface area (Å²) < 4.78 is 22.3. The fourth-order valence-electron chi connectivity index (χ4n) is 3.42. The van der Waals surface area contributed by atoms with Crippen molar-refractivity contribution in [1.29, 1.82) is 5.41 Å². The first kappa shape index (κ1) is 22.9. The Labute approximate surface area is 197 Å². The van der Waals surface area contributed by atoms with Crippen molar-refractivity contribution in [1.82, 2.24) is 5.06 Å². The second-order valence-electron chi connectivity index (χ2n) is 7.43. The average molecular weight is 463 g/mol. The van der Waals surface area contributed by atoms with Gasteiger partial charge in [-0.15, -0.1) is 5.06 Å². The molecule has 9 nitrogen and oxygen atoms in total. The van der Waals surface area contributed by atoms with Crippen LogP contribution >= 0.6 is 0 Å². The van der Waals surface area contributed by atoms with Gasteiger partial charge in [-0.05, 0) is 42.8 Å². The third kappa shape index (κ3) is 4.88. The largest absolute Gasteiger partial charge is 0.493 e. The number of amidine groups is 2. The van der Waals surface area contributed by atoms with Gasteiger partial charge >= 0.3 is 0 Å². The lowest BCUT2D eigenvalue weighted by Crippen LogP contribution is -2.38. The van der Waals surface area contributed by atoms with E-state index in [1.165, 1.54) is 5.06 Å². The summed E-state index contributed by atoms with van der Waals surface area (Å²) in [5, 5.41) is 9.55. The summed E-state index contributed by atoms with van der Waals surface area (Å²) in [6.45, 7) is 2.62. The molecule has 0 unspecified atom stereocenters. The van der Waals surface area contributed by atoms with Crippen LogP contribution in [-0.2, 0) is 9.63 Å². The van der Waals surface area contributed by atoms with Crippen LogP contribution < -0.4 is 18.9 Å². The second-order valence-corrected chi connectivity index (χ2v) is 7.43. The van der Waals surface area contributed by atoms with Gasteiger partial charge in [0, 0.05) is 12.5 Å². The highest BCUT2D eigenvalue weighted by molar-refractivity contribution is 6.32. The molecule has 0 saturated heterocycles. The summed E-state index contributed by atoms with van der Waals surface area (Å²) >= 11 is 0. The molecule has 0 aliphatic carbocycles. The van der Waals surface area contributed by atoms with Crippen molar-refractivity contribution in [3.63, 3.8) is 0 Å². The predicted octanol–water partition coefficient (Wildman–Crippen LogP) is 4.00. The minimum Gasteiger partial charge on any atom is -0.493 e. The number of carbonyl (C=O) groups excluding carboxylic acids is 1. The highest BCUT2D eigenvalue weighted by Gasteiger charge is 2.34. The molecule has 4 rings (SSSR count). The van der Waals surface area contributed by atoms with Crippen molar-refractivity contribution < 1.29 is 28.6 Å². The standard InChI is InChI=1S/C25H25N3O6/c1-16-13-23-27-25(29)18(24(26)28(23)34-16)14-17-9-10-21(22(15-17)31-3)33-12-6-11-32-20-8-5-4-7-19(20)30-2/h4-5,7-10,13-15,26H,6,11-12H2,1-3H3/b18-14+,26-24?. The number of rotatable bonds is 9. The maximum atomic E-state index is 12.4. The summed E-state index contributed by atoms with van der Waals surface area (Å²) in [4.78, 5) is 21.9. The molecule has 0 aromatic heterocycles. The number of aliphatic imine (C=N–C) groups is 1. The van der Waals surface area contributed by atoms with Gasteiger partial charge in [0.05, 0.1) is 33.0 Å². The van der Waals surface area contributed by atoms with Crippen molar-refractivity contribution >= 4 is 23.7 Å². The SMILES string of the molecule is COc1ccccc1OCCCOc1ccc(/C=C2\C(=N)N3OC(C)=CC3=NC2=O)cc1OC. The molecular weight excluding hydrogens is 438 g/mol. The van der Waals surface area contributed by atoms with Gasteiger partial charge in [-0.25, -0.2) is 0 Å². The number of benzene rings is 2. The monoisotopic (exact) mass is 463 g/mol. The van der Waals surface area contributed by atoms with Crippen LogP contribution in [0.5, 0.6) is 23.0 Å². The van der Waals surface area contributed by atoms with Crippen LogP contribution in [0.15, 0.2) is 64.9 Å². The number of hydrogen-bond acceptors (Lipinski definition) is 7. The van der Waals surface area contributed by atoms with E-state index in [4.69, 9.17) is 29.2 Å². The van der Waals surface area contributed by atoms with Crippen molar-refractivity contribution in [2.45, 2.75) is 13.3 Å². The lowest BCUT2D eigenvalue weighted by molar-refractivity contribution is -0.114. The number of amides is 1. The fraction of sp³-hybridized carbons (Fsp3) is 0.240.